The normalized spacial score (nSPS) is 23.2. The summed E-state index contributed by atoms with van der Waals surface area (Å²) in [4.78, 5) is 0. The molecule has 1 aromatic heterocycles. The molecule has 0 bridgehead atoms. The molecule has 1 fully saturated rings. The van der Waals surface area contributed by atoms with Gasteiger partial charge in [0.2, 0.25) is 0 Å². The predicted molar refractivity (Wildman–Crippen MR) is 60.9 cm³/mol. The van der Waals surface area contributed by atoms with Gasteiger partial charge < -0.3 is 10.5 Å². The lowest BCUT2D eigenvalue weighted by molar-refractivity contribution is 0.00743. The SMILES string of the molecule is Cn1cc(CC(N)CC2CCCCO2)nn1. The van der Waals surface area contributed by atoms with Gasteiger partial charge in [0.1, 0.15) is 0 Å². The van der Waals surface area contributed by atoms with E-state index in [1.165, 1.54) is 12.8 Å². The van der Waals surface area contributed by atoms with E-state index < -0.39 is 0 Å². The molecule has 0 amide bonds. The van der Waals surface area contributed by atoms with Crippen LogP contribution in [0.15, 0.2) is 6.20 Å². The quantitative estimate of drug-likeness (QED) is 0.815. The Hall–Kier alpha value is -0.940. The maximum atomic E-state index is 6.09. The van der Waals surface area contributed by atoms with Crippen LogP contribution in [0, 0.1) is 0 Å². The largest absolute Gasteiger partial charge is 0.378 e. The monoisotopic (exact) mass is 224 g/mol. The van der Waals surface area contributed by atoms with Crippen molar-refractivity contribution in [3.63, 3.8) is 0 Å². The molecule has 2 heterocycles. The van der Waals surface area contributed by atoms with E-state index in [-0.39, 0.29) is 6.04 Å². The zero-order valence-corrected chi connectivity index (χ0v) is 9.80. The molecule has 5 nitrogen and oxygen atoms in total. The number of hydrogen-bond donors (Lipinski definition) is 1. The van der Waals surface area contributed by atoms with Gasteiger partial charge in [0.15, 0.2) is 0 Å². The third-order valence-corrected chi connectivity index (χ3v) is 2.96. The Morgan fingerprint density at radius 3 is 3.12 bits per heavy atom. The van der Waals surface area contributed by atoms with Crippen LogP contribution < -0.4 is 5.73 Å². The molecule has 1 aromatic rings. The van der Waals surface area contributed by atoms with E-state index in [9.17, 15) is 0 Å². The first-order chi connectivity index (χ1) is 7.74. The van der Waals surface area contributed by atoms with Gasteiger partial charge in [-0.3, -0.25) is 4.68 Å². The Labute approximate surface area is 96.0 Å². The molecule has 0 saturated carbocycles. The van der Waals surface area contributed by atoms with Gasteiger partial charge in [0.25, 0.3) is 0 Å². The maximum Gasteiger partial charge on any atom is 0.0842 e. The van der Waals surface area contributed by atoms with Crippen LogP contribution in [0.1, 0.15) is 31.4 Å². The minimum Gasteiger partial charge on any atom is -0.378 e. The molecule has 0 radical (unpaired) electrons. The molecule has 90 valence electrons. The van der Waals surface area contributed by atoms with Crippen LogP contribution >= 0.6 is 0 Å². The van der Waals surface area contributed by atoms with Crippen molar-refractivity contribution in [2.45, 2.75) is 44.2 Å². The summed E-state index contributed by atoms with van der Waals surface area (Å²) in [6, 6.07) is 0.125. The van der Waals surface area contributed by atoms with E-state index in [0.29, 0.717) is 6.10 Å². The van der Waals surface area contributed by atoms with Crippen molar-refractivity contribution < 1.29 is 4.74 Å². The van der Waals surface area contributed by atoms with E-state index in [4.69, 9.17) is 10.5 Å². The second-order valence-electron chi connectivity index (χ2n) is 4.57. The Kier molecular flexibility index (Phi) is 3.90. The lowest BCUT2D eigenvalue weighted by Gasteiger charge is -2.24. The van der Waals surface area contributed by atoms with E-state index in [2.05, 4.69) is 10.3 Å². The summed E-state index contributed by atoms with van der Waals surface area (Å²) in [7, 11) is 1.87. The molecule has 0 aromatic carbocycles. The second-order valence-corrected chi connectivity index (χ2v) is 4.57. The zero-order chi connectivity index (χ0) is 11.4. The van der Waals surface area contributed by atoms with Crippen molar-refractivity contribution in [1.29, 1.82) is 0 Å². The van der Waals surface area contributed by atoms with Crippen LogP contribution in [0.4, 0.5) is 0 Å². The molecular weight excluding hydrogens is 204 g/mol. The van der Waals surface area contributed by atoms with Gasteiger partial charge in [-0.25, -0.2) is 0 Å². The molecule has 16 heavy (non-hydrogen) atoms. The lowest BCUT2D eigenvalue weighted by Crippen LogP contribution is -2.31. The Balaban J connectivity index is 1.77. The highest BCUT2D eigenvalue weighted by molar-refractivity contribution is 4.95. The summed E-state index contributed by atoms with van der Waals surface area (Å²) < 4.78 is 7.38. The summed E-state index contributed by atoms with van der Waals surface area (Å²) in [5.74, 6) is 0. The number of rotatable bonds is 4. The zero-order valence-electron chi connectivity index (χ0n) is 9.80. The summed E-state index contributed by atoms with van der Waals surface area (Å²) in [6.07, 6.45) is 7.58. The number of nitrogens with two attached hydrogens (primary N) is 1. The molecule has 5 heteroatoms. The highest BCUT2D eigenvalue weighted by Crippen LogP contribution is 2.17. The Morgan fingerprint density at radius 2 is 2.50 bits per heavy atom. The molecule has 1 aliphatic rings. The van der Waals surface area contributed by atoms with Crippen molar-refractivity contribution in [1.82, 2.24) is 15.0 Å². The predicted octanol–water partition coefficient (Wildman–Crippen LogP) is 0.644. The molecule has 1 aliphatic heterocycles. The average Bonchev–Trinajstić information content (AvgIpc) is 2.65. The van der Waals surface area contributed by atoms with Crippen LogP contribution in [-0.4, -0.2) is 33.7 Å². The van der Waals surface area contributed by atoms with Crippen molar-refractivity contribution in [2.75, 3.05) is 6.61 Å². The molecule has 0 aliphatic carbocycles. The Bertz CT molecular complexity index is 320. The first-order valence-electron chi connectivity index (χ1n) is 5.96. The van der Waals surface area contributed by atoms with Crippen LogP contribution in [0.5, 0.6) is 0 Å². The fourth-order valence-electron chi connectivity index (χ4n) is 2.17. The van der Waals surface area contributed by atoms with Gasteiger partial charge in [0, 0.05) is 32.3 Å². The first-order valence-corrected chi connectivity index (χ1v) is 5.96. The smallest absolute Gasteiger partial charge is 0.0842 e. The first kappa shape index (κ1) is 11.5. The topological polar surface area (TPSA) is 66.0 Å². The van der Waals surface area contributed by atoms with Gasteiger partial charge in [-0.2, -0.15) is 0 Å². The average molecular weight is 224 g/mol. The molecule has 0 spiro atoms. The minimum atomic E-state index is 0.125. The fourth-order valence-corrected chi connectivity index (χ4v) is 2.17. The molecule has 1 saturated heterocycles. The van der Waals surface area contributed by atoms with Gasteiger partial charge in [-0.15, -0.1) is 5.10 Å². The van der Waals surface area contributed by atoms with Crippen molar-refractivity contribution in [3.05, 3.63) is 11.9 Å². The van der Waals surface area contributed by atoms with E-state index in [1.807, 2.05) is 13.2 Å². The van der Waals surface area contributed by atoms with Crippen molar-refractivity contribution in [2.24, 2.45) is 12.8 Å². The van der Waals surface area contributed by atoms with Crippen LogP contribution in [-0.2, 0) is 18.2 Å². The van der Waals surface area contributed by atoms with Crippen LogP contribution in [0.3, 0.4) is 0 Å². The summed E-state index contributed by atoms with van der Waals surface area (Å²) in [5.41, 5.74) is 7.05. The second kappa shape index (κ2) is 5.41. The standard InChI is InChI=1S/C11H20N4O/c1-15-8-10(13-14-15)6-9(12)7-11-4-2-3-5-16-11/h8-9,11H,2-7,12H2,1H3. The summed E-state index contributed by atoms with van der Waals surface area (Å²) in [6.45, 7) is 0.891. The molecule has 2 rings (SSSR count). The third kappa shape index (κ3) is 3.28. The number of aryl methyl sites for hydroxylation is 1. The molecule has 2 N–H and O–H groups in total. The van der Waals surface area contributed by atoms with Crippen LogP contribution in [0.2, 0.25) is 0 Å². The maximum absolute atomic E-state index is 6.09. The lowest BCUT2D eigenvalue weighted by atomic mass is 10.00. The number of nitrogens with zero attached hydrogens (tertiary/aromatic N) is 3. The number of aromatic nitrogens is 3. The van der Waals surface area contributed by atoms with E-state index in [0.717, 1.165) is 31.6 Å². The minimum absolute atomic E-state index is 0.125. The highest BCUT2D eigenvalue weighted by Gasteiger charge is 2.18. The summed E-state index contributed by atoms with van der Waals surface area (Å²) in [5, 5.41) is 7.94. The Morgan fingerprint density at radius 1 is 1.62 bits per heavy atom. The van der Waals surface area contributed by atoms with Gasteiger partial charge >= 0.3 is 0 Å². The number of ether oxygens (including phenoxy) is 1. The fraction of sp³-hybridized carbons (Fsp3) is 0.818. The van der Waals surface area contributed by atoms with E-state index in [1.54, 1.807) is 4.68 Å². The van der Waals surface area contributed by atoms with Gasteiger partial charge in [-0.05, 0) is 25.7 Å². The molecular formula is C11H20N4O. The molecule has 2 unspecified atom stereocenters. The van der Waals surface area contributed by atoms with Crippen molar-refractivity contribution in [3.8, 4) is 0 Å². The van der Waals surface area contributed by atoms with Gasteiger partial charge in [-0.1, -0.05) is 5.21 Å². The third-order valence-electron chi connectivity index (χ3n) is 2.96. The van der Waals surface area contributed by atoms with Crippen LogP contribution in [0.25, 0.3) is 0 Å². The van der Waals surface area contributed by atoms with Crippen molar-refractivity contribution >= 4 is 0 Å². The highest BCUT2D eigenvalue weighted by atomic mass is 16.5. The van der Waals surface area contributed by atoms with E-state index >= 15 is 0 Å². The van der Waals surface area contributed by atoms with Gasteiger partial charge in [0.05, 0.1) is 11.8 Å². The molecule has 2 atom stereocenters. The number of hydrogen-bond acceptors (Lipinski definition) is 4. The summed E-state index contributed by atoms with van der Waals surface area (Å²) >= 11 is 0.